The molecule has 0 atom stereocenters. The van der Waals surface area contributed by atoms with E-state index in [0.29, 0.717) is 50.2 Å². The smallest absolute Gasteiger partial charge is 0.254 e. The van der Waals surface area contributed by atoms with Crippen molar-refractivity contribution < 1.29 is 19.1 Å². The zero-order valence-electron chi connectivity index (χ0n) is 16.9. The van der Waals surface area contributed by atoms with Gasteiger partial charge >= 0.3 is 0 Å². The van der Waals surface area contributed by atoms with E-state index in [2.05, 4.69) is 0 Å². The van der Waals surface area contributed by atoms with E-state index in [0.717, 1.165) is 16.5 Å². The molecule has 1 aliphatic heterocycles. The lowest BCUT2D eigenvalue weighted by molar-refractivity contribution is -0.143. The Bertz CT molecular complexity index is 1210. The molecule has 31 heavy (non-hydrogen) atoms. The molecule has 0 bridgehead atoms. The van der Waals surface area contributed by atoms with E-state index >= 15 is 0 Å². The summed E-state index contributed by atoms with van der Waals surface area (Å²) in [5.41, 5.74) is 2.05. The molecule has 2 aromatic carbocycles. The summed E-state index contributed by atoms with van der Waals surface area (Å²) in [6.45, 7) is 1.81. The van der Waals surface area contributed by atoms with Gasteiger partial charge in [0.15, 0.2) is 0 Å². The van der Waals surface area contributed by atoms with Crippen LogP contribution in [0, 0.1) is 11.3 Å². The Morgan fingerprint density at radius 2 is 1.58 bits per heavy atom. The molecule has 1 aromatic heterocycles. The van der Waals surface area contributed by atoms with Gasteiger partial charge in [-0.3, -0.25) is 9.59 Å². The Kier molecular flexibility index (Phi) is 4.53. The van der Waals surface area contributed by atoms with Crippen LogP contribution in [-0.2, 0) is 4.79 Å². The molecule has 2 amide bonds. The van der Waals surface area contributed by atoms with Crippen LogP contribution in [0.15, 0.2) is 52.9 Å². The highest BCUT2D eigenvalue weighted by atomic mass is 16.3. The Labute approximate surface area is 179 Å². The number of benzene rings is 2. The molecule has 0 unspecified atom stereocenters. The first-order valence-corrected chi connectivity index (χ1v) is 10.3. The number of furan rings is 1. The molecule has 3 aromatic rings. The Balaban J connectivity index is 1.26. The van der Waals surface area contributed by atoms with Crippen LogP contribution in [0.4, 0.5) is 0 Å². The van der Waals surface area contributed by atoms with Crippen molar-refractivity contribution in [3.63, 3.8) is 0 Å². The van der Waals surface area contributed by atoms with Gasteiger partial charge in [0.25, 0.3) is 11.8 Å². The van der Waals surface area contributed by atoms with Crippen molar-refractivity contribution in [3.8, 4) is 17.2 Å². The molecule has 0 spiro atoms. The summed E-state index contributed by atoms with van der Waals surface area (Å²) in [5.74, 6) is 0.00865. The molecular formula is C24H21N3O4. The first-order chi connectivity index (χ1) is 15.0. The van der Waals surface area contributed by atoms with Gasteiger partial charge in [0.1, 0.15) is 17.3 Å². The molecular weight excluding hydrogens is 394 g/mol. The maximum Gasteiger partial charge on any atom is 0.254 e. The predicted octanol–water partition coefficient (Wildman–Crippen LogP) is 2.78. The third-order valence-corrected chi connectivity index (χ3v) is 6.07. The van der Waals surface area contributed by atoms with Gasteiger partial charge < -0.3 is 19.3 Å². The van der Waals surface area contributed by atoms with Gasteiger partial charge in [0.05, 0.1) is 0 Å². The minimum absolute atomic E-state index is 0.0623. The summed E-state index contributed by atoms with van der Waals surface area (Å²) in [6, 6.07) is 16.9. The number of fused-ring (bicyclic) bond motifs is 1. The van der Waals surface area contributed by atoms with E-state index in [1.165, 1.54) is 0 Å². The fraction of sp³-hybridized carbons (Fsp3) is 0.292. The van der Waals surface area contributed by atoms with Crippen LogP contribution in [-0.4, -0.2) is 58.5 Å². The largest absolute Gasteiger partial charge is 0.446 e. The van der Waals surface area contributed by atoms with Crippen molar-refractivity contribution in [2.75, 3.05) is 26.2 Å². The summed E-state index contributed by atoms with van der Waals surface area (Å²) < 4.78 is 5.42. The number of piperazine rings is 1. The highest BCUT2D eigenvalue weighted by Gasteiger charge is 2.50. The fourth-order valence-corrected chi connectivity index (χ4v) is 4.01. The van der Waals surface area contributed by atoms with Gasteiger partial charge in [0.2, 0.25) is 5.76 Å². The minimum Gasteiger partial charge on any atom is -0.446 e. The van der Waals surface area contributed by atoms with E-state index in [9.17, 15) is 14.7 Å². The van der Waals surface area contributed by atoms with E-state index in [-0.39, 0.29) is 17.6 Å². The summed E-state index contributed by atoms with van der Waals surface area (Å²) in [7, 11) is 0. The molecule has 2 heterocycles. The number of nitrogens with zero attached hydrogens (tertiary/aromatic N) is 3. The highest BCUT2D eigenvalue weighted by Crippen LogP contribution is 2.37. The van der Waals surface area contributed by atoms with Gasteiger partial charge in [-0.15, -0.1) is 0 Å². The molecule has 1 saturated heterocycles. The van der Waals surface area contributed by atoms with Crippen molar-refractivity contribution in [2.24, 2.45) is 0 Å². The molecule has 7 heteroatoms. The summed E-state index contributed by atoms with van der Waals surface area (Å²) in [4.78, 5) is 28.5. The van der Waals surface area contributed by atoms with Crippen molar-refractivity contribution >= 4 is 22.8 Å². The Hall–Kier alpha value is -3.63. The van der Waals surface area contributed by atoms with Gasteiger partial charge in [-0.25, -0.2) is 0 Å². The molecule has 1 saturated carbocycles. The van der Waals surface area contributed by atoms with E-state index < -0.39 is 5.60 Å². The summed E-state index contributed by atoms with van der Waals surface area (Å²) in [5, 5.41) is 19.8. The second-order valence-electron chi connectivity index (χ2n) is 8.17. The van der Waals surface area contributed by atoms with Crippen molar-refractivity contribution in [1.29, 1.82) is 5.26 Å². The number of carbonyl (C=O) groups is 2. The van der Waals surface area contributed by atoms with Crippen LogP contribution in [0.3, 0.4) is 0 Å². The zero-order chi connectivity index (χ0) is 21.6. The van der Waals surface area contributed by atoms with Crippen LogP contribution < -0.4 is 0 Å². The van der Waals surface area contributed by atoms with E-state index in [4.69, 9.17) is 9.68 Å². The average molecular weight is 415 g/mol. The Morgan fingerprint density at radius 1 is 0.935 bits per heavy atom. The Morgan fingerprint density at radius 3 is 2.23 bits per heavy atom. The quantitative estimate of drug-likeness (QED) is 0.709. The summed E-state index contributed by atoms with van der Waals surface area (Å²) in [6.07, 6.45) is 1.06. The average Bonchev–Trinajstić information content (AvgIpc) is 3.43. The lowest BCUT2D eigenvalue weighted by Gasteiger charge is -2.35. The van der Waals surface area contributed by atoms with Gasteiger partial charge in [-0.1, -0.05) is 18.2 Å². The second-order valence-corrected chi connectivity index (χ2v) is 8.17. The standard InChI is InChI=1S/C24H21N3O4/c25-15-20-14-19-13-18(5-6-21(19)31-20)16-1-3-17(4-2-16)22(28)26-9-11-27(12-10-26)23(29)24(30)7-8-24/h1-6,13-14,30H,7-12H2. The van der Waals surface area contributed by atoms with Gasteiger partial charge in [-0.2, -0.15) is 5.26 Å². The second kappa shape index (κ2) is 7.25. The van der Waals surface area contributed by atoms with Crippen LogP contribution in [0.1, 0.15) is 29.0 Å². The molecule has 2 aliphatic rings. The molecule has 7 nitrogen and oxygen atoms in total. The molecule has 1 aliphatic carbocycles. The maximum absolute atomic E-state index is 12.9. The van der Waals surface area contributed by atoms with Crippen molar-refractivity contribution in [2.45, 2.75) is 18.4 Å². The lowest BCUT2D eigenvalue weighted by Crippen LogP contribution is -2.53. The lowest BCUT2D eigenvalue weighted by atomic mass is 10.0. The highest BCUT2D eigenvalue weighted by molar-refractivity contribution is 5.95. The normalized spacial score (nSPS) is 17.4. The number of hydrogen-bond donors (Lipinski definition) is 1. The van der Waals surface area contributed by atoms with Crippen LogP contribution in [0.5, 0.6) is 0 Å². The van der Waals surface area contributed by atoms with Gasteiger partial charge in [0, 0.05) is 43.2 Å². The summed E-state index contributed by atoms with van der Waals surface area (Å²) >= 11 is 0. The monoisotopic (exact) mass is 415 g/mol. The first kappa shape index (κ1) is 19.3. The predicted molar refractivity (Wildman–Crippen MR) is 113 cm³/mol. The molecule has 5 rings (SSSR count). The number of hydrogen-bond acceptors (Lipinski definition) is 5. The number of rotatable bonds is 3. The molecule has 2 fully saturated rings. The van der Waals surface area contributed by atoms with E-state index in [1.807, 2.05) is 48.5 Å². The number of aliphatic hydroxyl groups is 1. The number of nitriles is 1. The van der Waals surface area contributed by atoms with Crippen LogP contribution in [0.2, 0.25) is 0 Å². The minimum atomic E-state index is -1.16. The molecule has 156 valence electrons. The van der Waals surface area contributed by atoms with E-state index in [1.54, 1.807) is 15.9 Å². The SMILES string of the molecule is N#Cc1cc2cc(-c3ccc(C(=O)N4CCN(C(=O)C5(O)CC5)CC4)cc3)ccc2o1. The zero-order valence-corrected chi connectivity index (χ0v) is 16.9. The third kappa shape index (κ3) is 3.56. The van der Waals surface area contributed by atoms with Crippen LogP contribution in [0.25, 0.3) is 22.1 Å². The molecule has 0 radical (unpaired) electrons. The third-order valence-electron chi connectivity index (χ3n) is 6.07. The van der Waals surface area contributed by atoms with Crippen molar-refractivity contribution in [1.82, 2.24) is 9.80 Å². The van der Waals surface area contributed by atoms with Crippen molar-refractivity contribution in [3.05, 3.63) is 59.9 Å². The number of carbonyl (C=O) groups excluding carboxylic acids is 2. The fourth-order valence-electron chi connectivity index (χ4n) is 4.01. The van der Waals surface area contributed by atoms with Crippen LogP contribution >= 0.6 is 0 Å². The topological polar surface area (TPSA) is 97.8 Å². The first-order valence-electron chi connectivity index (χ1n) is 10.3. The number of amides is 2. The molecule has 1 N–H and O–H groups in total. The van der Waals surface area contributed by atoms with Gasteiger partial charge in [-0.05, 0) is 48.2 Å². The maximum atomic E-state index is 12.9.